The molecule has 1 aliphatic rings. The summed E-state index contributed by atoms with van der Waals surface area (Å²) in [7, 11) is 0. The molecular weight excluding hydrogens is 497 g/mol. The van der Waals surface area contributed by atoms with Crippen LogP contribution < -0.4 is 15.4 Å². The zero-order valence-corrected chi connectivity index (χ0v) is 18.9. The summed E-state index contributed by atoms with van der Waals surface area (Å²) in [5.41, 5.74) is 0.885. The van der Waals surface area contributed by atoms with Gasteiger partial charge in [-0.15, -0.1) is 34.7 Å². The van der Waals surface area contributed by atoms with Crippen LogP contribution in [0.3, 0.4) is 0 Å². The topological polar surface area (TPSA) is 119 Å². The highest BCUT2D eigenvalue weighted by atomic mass is 32.1. The smallest absolute Gasteiger partial charge is 0.403 e. The Hall–Kier alpha value is -3.14. The van der Waals surface area contributed by atoms with E-state index in [1.165, 1.54) is 23.5 Å². The Kier molecular flexibility index (Phi) is 7.35. The second kappa shape index (κ2) is 10.4. The number of rotatable bonds is 7. The zero-order chi connectivity index (χ0) is 24.1. The van der Waals surface area contributed by atoms with Crippen molar-refractivity contribution in [1.82, 2.24) is 20.1 Å². The first kappa shape index (κ1) is 24.0. The number of carbonyl (C=O) groups is 2. The molecule has 0 unspecified atom stereocenters. The number of ether oxygens (including phenoxy) is 2. The van der Waals surface area contributed by atoms with Gasteiger partial charge in [0.05, 0.1) is 41.4 Å². The van der Waals surface area contributed by atoms with Crippen LogP contribution in [0.1, 0.15) is 10.4 Å². The van der Waals surface area contributed by atoms with Crippen molar-refractivity contribution in [3.63, 3.8) is 0 Å². The van der Waals surface area contributed by atoms with Crippen molar-refractivity contribution in [2.24, 2.45) is 0 Å². The molecule has 1 aliphatic heterocycles. The molecule has 3 heterocycles. The maximum absolute atomic E-state index is 13.1. The lowest BCUT2D eigenvalue weighted by Gasteiger charge is -2.26. The van der Waals surface area contributed by atoms with Crippen LogP contribution in [0.4, 0.5) is 24.0 Å². The minimum absolute atomic E-state index is 0.0453. The molecule has 4 rings (SSSR count). The number of morpholine rings is 1. The van der Waals surface area contributed by atoms with Crippen LogP contribution in [-0.4, -0.2) is 71.1 Å². The predicted molar refractivity (Wildman–Crippen MR) is 118 cm³/mol. The normalized spacial score (nSPS) is 14.6. The Morgan fingerprint density at radius 1 is 1.18 bits per heavy atom. The average molecular weight is 515 g/mol. The van der Waals surface area contributed by atoms with Gasteiger partial charge in [-0.25, -0.2) is 0 Å². The molecule has 1 aromatic carbocycles. The number of hydrogen-bond acceptors (Lipinski definition) is 10. The lowest BCUT2D eigenvalue weighted by molar-refractivity contribution is -0.274. The van der Waals surface area contributed by atoms with Gasteiger partial charge in [0.15, 0.2) is 10.8 Å². The first-order valence-corrected chi connectivity index (χ1v) is 11.5. The van der Waals surface area contributed by atoms with Crippen molar-refractivity contribution in [2.75, 3.05) is 43.5 Å². The molecule has 180 valence electrons. The number of nitrogens with one attached hydrogen (secondary N) is 2. The zero-order valence-electron chi connectivity index (χ0n) is 17.3. The highest BCUT2D eigenvalue weighted by molar-refractivity contribution is 7.22. The van der Waals surface area contributed by atoms with E-state index in [9.17, 15) is 22.8 Å². The van der Waals surface area contributed by atoms with E-state index < -0.39 is 29.5 Å². The standard InChI is InChI=1S/C19H17F3N6O4S2/c20-19(21,22)32-15-11(16(30)25-18-27-26-17(34-18)13-8-23-10-33-13)2-1-3-12(15)24-14(29)9-28-4-6-31-7-5-28/h1-3,8,10H,4-7,9H2,(H,24,29)(H,25,27,30). The third-order valence-electron chi connectivity index (χ3n) is 4.51. The van der Waals surface area contributed by atoms with Crippen molar-refractivity contribution >= 4 is 45.3 Å². The van der Waals surface area contributed by atoms with E-state index in [4.69, 9.17) is 4.74 Å². The van der Waals surface area contributed by atoms with Crippen molar-refractivity contribution in [3.05, 3.63) is 35.5 Å². The van der Waals surface area contributed by atoms with Crippen LogP contribution in [0.15, 0.2) is 29.9 Å². The Bertz CT molecular complexity index is 1150. The number of amides is 2. The number of hydrogen-bond donors (Lipinski definition) is 2. The second-order valence-corrected chi connectivity index (χ2v) is 8.76. The molecule has 0 bridgehead atoms. The van der Waals surface area contributed by atoms with Crippen LogP contribution in [0.5, 0.6) is 5.75 Å². The Labute approximate surface area is 198 Å². The first-order valence-electron chi connectivity index (χ1n) is 9.81. The quantitative estimate of drug-likeness (QED) is 0.494. The molecule has 3 aromatic rings. The molecule has 1 saturated heterocycles. The van der Waals surface area contributed by atoms with Crippen molar-refractivity contribution in [2.45, 2.75) is 6.36 Å². The largest absolute Gasteiger partial charge is 0.573 e. The minimum atomic E-state index is -5.10. The summed E-state index contributed by atoms with van der Waals surface area (Å²) in [5.74, 6) is -2.28. The highest BCUT2D eigenvalue weighted by Gasteiger charge is 2.35. The number of benzene rings is 1. The third kappa shape index (κ3) is 6.25. The maximum atomic E-state index is 13.1. The van der Waals surface area contributed by atoms with Crippen LogP contribution >= 0.6 is 22.7 Å². The monoisotopic (exact) mass is 514 g/mol. The molecule has 0 saturated carbocycles. The van der Waals surface area contributed by atoms with Gasteiger partial charge in [0, 0.05) is 19.3 Å². The predicted octanol–water partition coefficient (Wildman–Crippen LogP) is 3.08. The number of carbonyl (C=O) groups excluding carboxylic acids is 2. The van der Waals surface area contributed by atoms with Crippen LogP contribution in [0.25, 0.3) is 9.88 Å². The molecule has 0 aliphatic carbocycles. The number of anilines is 2. The number of thiazole rings is 1. The van der Waals surface area contributed by atoms with E-state index in [2.05, 4.69) is 30.6 Å². The van der Waals surface area contributed by atoms with Gasteiger partial charge < -0.3 is 14.8 Å². The van der Waals surface area contributed by atoms with E-state index >= 15 is 0 Å². The van der Waals surface area contributed by atoms with E-state index in [1.54, 1.807) is 16.6 Å². The van der Waals surface area contributed by atoms with Crippen LogP contribution in [0, 0.1) is 0 Å². The summed E-state index contributed by atoms with van der Waals surface area (Å²) < 4.78 is 48.8. The molecule has 2 amide bonds. The number of alkyl halides is 3. The van der Waals surface area contributed by atoms with Gasteiger partial charge in [-0.2, -0.15) is 0 Å². The SMILES string of the molecule is O=C(CN1CCOCC1)Nc1cccc(C(=O)Nc2nnc(-c3cncs3)s2)c1OC(F)(F)F. The molecule has 0 spiro atoms. The van der Waals surface area contributed by atoms with Gasteiger partial charge in [-0.05, 0) is 12.1 Å². The molecule has 2 aromatic heterocycles. The summed E-state index contributed by atoms with van der Waals surface area (Å²) in [5, 5.41) is 13.2. The van der Waals surface area contributed by atoms with Crippen LogP contribution in [-0.2, 0) is 9.53 Å². The molecular formula is C19H17F3N6O4S2. The summed E-state index contributed by atoms with van der Waals surface area (Å²) in [4.78, 5) is 31.7. The Balaban J connectivity index is 1.53. The lowest BCUT2D eigenvalue weighted by Crippen LogP contribution is -2.41. The fourth-order valence-electron chi connectivity index (χ4n) is 3.05. The van der Waals surface area contributed by atoms with Gasteiger partial charge in [-0.1, -0.05) is 17.4 Å². The molecule has 1 fully saturated rings. The Morgan fingerprint density at radius 3 is 2.68 bits per heavy atom. The number of halogens is 3. The van der Waals surface area contributed by atoms with E-state index in [1.807, 2.05) is 0 Å². The molecule has 10 nitrogen and oxygen atoms in total. The molecule has 15 heteroatoms. The first-order chi connectivity index (χ1) is 16.3. The van der Waals surface area contributed by atoms with Crippen molar-refractivity contribution in [3.8, 4) is 15.6 Å². The highest BCUT2D eigenvalue weighted by Crippen LogP contribution is 2.35. The number of para-hydroxylation sites is 1. The third-order valence-corrected chi connectivity index (χ3v) is 6.29. The maximum Gasteiger partial charge on any atom is 0.573 e. The number of nitrogens with zero attached hydrogens (tertiary/aromatic N) is 4. The van der Waals surface area contributed by atoms with Gasteiger partial charge in [0.1, 0.15) is 0 Å². The van der Waals surface area contributed by atoms with E-state index in [-0.39, 0.29) is 17.4 Å². The fraction of sp³-hybridized carbons (Fsp3) is 0.316. The van der Waals surface area contributed by atoms with E-state index in [0.717, 1.165) is 22.3 Å². The lowest BCUT2D eigenvalue weighted by atomic mass is 10.1. The summed E-state index contributed by atoms with van der Waals surface area (Å²) >= 11 is 2.36. The van der Waals surface area contributed by atoms with Crippen molar-refractivity contribution in [1.29, 1.82) is 0 Å². The van der Waals surface area contributed by atoms with Gasteiger partial charge >= 0.3 is 6.36 Å². The van der Waals surface area contributed by atoms with Gasteiger partial charge in [0.25, 0.3) is 5.91 Å². The molecule has 0 radical (unpaired) electrons. The second-order valence-electron chi connectivity index (χ2n) is 6.90. The van der Waals surface area contributed by atoms with Gasteiger partial charge in [0.2, 0.25) is 11.0 Å². The summed E-state index contributed by atoms with van der Waals surface area (Å²) in [6.45, 7) is 1.92. The minimum Gasteiger partial charge on any atom is -0.403 e. The number of aromatic nitrogens is 3. The summed E-state index contributed by atoms with van der Waals surface area (Å²) in [6.07, 6.45) is -3.52. The van der Waals surface area contributed by atoms with E-state index in [0.29, 0.717) is 31.3 Å². The fourth-order valence-corrected chi connectivity index (χ4v) is 4.46. The van der Waals surface area contributed by atoms with Gasteiger partial charge in [-0.3, -0.25) is 24.8 Å². The Morgan fingerprint density at radius 2 is 1.97 bits per heavy atom. The molecule has 0 atom stereocenters. The molecule has 34 heavy (non-hydrogen) atoms. The summed E-state index contributed by atoms with van der Waals surface area (Å²) in [6, 6.07) is 3.71. The molecule has 2 N–H and O–H groups in total. The van der Waals surface area contributed by atoms with Crippen LogP contribution in [0.2, 0.25) is 0 Å². The van der Waals surface area contributed by atoms with Crippen molar-refractivity contribution < 1.29 is 32.2 Å². The average Bonchev–Trinajstić information content (AvgIpc) is 3.46.